The van der Waals surface area contributed by atoms with E-state index in [1.807, 2.05) is 6.07 Å². The third-order valence-electron chi connectivity index (χ3n) is 3.53. The van der Waals surface area contributed by atoms with Gasteiger partial charge >= 0.3 is 0 Å². The molecule has 3 heteroatoms. The van der Waals surface area contributed by atoms with E-state index in [1.54, 1.807) is 6.07 Å². The van der Waals surface area contributed by atoms with Gasteiger partial charge in [0.2, 0.25) is 0 Å². The summed E-state index contributed by atoms with van der Waals surface area (Å²) in [6.07, 6.45) is 2.36. The molecule has 1 aromatic rings. The van der Waals surface area contributed by atoms with Crippen LogP contribution in [0.25, 0.3) is 0 Å². The van der Waals surface area contributed by atoms with Gasteiger partial charge in [-0.1, -0.05) is 0 Å². The highest BCUT2D eigenvalue weighted by molar-refractivity contribution is 5.33. The second-order valence-corrected chi connectivity index (χ2v) is 5.30. The van der Waals surface area contributed by atoms with Crippen molar-refractivity contribution in [3.8, 4) is 6.07 Å². The molecule has 1 fully saturated rings. The second kappa shape index (κ2) is 4.46. The number of likely N-dealkylation sites (tertiary alicyclic amines) is 1. The van der Waals surface area contributed by atoms with E-state index in [-0.39, 0.29) is 11.4 Å². The van der Waals surface area contributed by atoms with Crippen LogP contribution < -0.4 is 0 Å². The van der Waals surface area contributed by atoms with Gasteiger partial charge in [-0.25, -0.2) is 4.39 Å². The molecule has 17 heavy (non-hydrogen) atoms. The molecule has 1 aromatic carbocycles. The number of nitriles is 1. The van der Waals surface area contributed by atoms with Gasteiger partial charge in [0.15, 0.2) is 0 Å². The van der Waals surface area contributed by atoms with Crippen LogP contribution in [0.5, 0.6) is 0 Å². The van der Waals surface area contributed by atoms with Crippen LogP contribution in [-0.2, 0) is 6.54 Å². The lowest BCUT2D eigenvalue weighted by molar-refractivity contribution is 0.166. The van der Waals surface area contributed by atoms with Crippen LogP contribution in [0.2, 0.25) is 0 Å². The highest BCUT2D eigenvalue weighted by Crippen LogP contribution is 2.29. The summed E-state index contributed by atoms with van der Waals surface area (Å²) in [5.74, 6) is -0.323. The molecule has 90 valence electrons. The van der Waals surface area contributed by atoms with Crippen LogP contribution in [0.15, 0.2) is 18.2 Å². The highest BCUT2D eigenvalue weighted by Gasteiger charge is 2.31. The molecule has 0 aromatic heterocycles. The zero-order valence-electron chi connectivity index (χ0n) is 10.3. The molecular formula is C14H17FN2. The summed E-state index contributed by atoms with van der Waals surface area (Å²) >= 11 is 0. The Labute approximate surface area is 102 Å². The minimum absolute atomic E-state index is 0.180. The van der Waals surface area contributed by atoms with Crippen LogP contribution in [0, 0.1) is 17.1 Å². The summed E-state index contributed by atoms with van der Waals surface area (Å²) in [6, 6.07) is 6.57. The molecule has 0 atom stereocenters. The van der Waals surface area contributed by atoms with Crippen molar-refractivity contribution in [2.45, 2.75) is 38.8 Å². The fourth-order valence-corrected chi connectivity index (χ4v) is 2.48. The van der Waals surface area contributed by atoms with Gasteiger partial charge in [-0.2, -0.15) is 5.26 Å². The minimum atomic E-state index is -0.323. The number of hydrogen-bond acceptors (Lipinski definition) is 2. The quantitative estimate of drug-likeness (QED) is 0.783. The fraction of sp³-hybridized carbons (Fsp3) is 0.500. The molecule has 1 saturated heterocycles. The van der Waals surface area contributed by atoms with Crippen LogP contribution in [-0.4, -0.2) is 17.0 Å². The number of nitrogens with zero attached hydrogens (tertiary/aromatic N) is 2. The third kappa shape index (κ3) is 2.65. The number of benzene rings is 1. The molecule has 0 N–H and O–H groups in total. The Bertz CT molecular complexity index is 460. The summed E-state index contributed by atoms with van der Waals surface area (Å²) < 4.78 is 13.3. The van der Waals surface area contributed by atoms with E-state index >= 15 is 0 Å². The highest BCUT2D eigenvalue weighted by atomic mass is 19.1. The first-order chi connectivity index (χ1) is 8.01. The van der Waals surface area contributed by atoms with Crippen LogP contribution >= 0.6 is 0 Å². The third-order valence-corrected chi connectivity index (χ3v) is 3.53. The van der Waals surface area contributed by atoms with Crippen molar-refractivity contribution < 1.29 is 4.39 Å². The predicted molar refractivity (Wildman–Crippen MR) is 64.8 cm³/mol. The Kier molecular flexibility index (Phi) is 3.17. The van der Waals surface area contributed by atoms with Gasteiger partial charge in [-0.05, 0) is 57.0 Å². The number of rotatable bonds is 2. The van der Waals surface area contributed by atoms with Gasteiger partial charge in [-0.15, -0.1) is 0 Å². The first-order valence-corrected chi connectivity index (χ1v) is 5.96. The zero-order chi connectivity index (χ0) is 12.5. The van der Waals surface area contributed by atoms with Gasteiger partial charge in [0.25, 0.3) is 0 Å². The lowest BCUT2D eigenvalue weighted by Crippen LogP contribution is -2.37. The van der Waals surface area contributed by atoms with Crippen LogP contribution in [0.1, 0.15) is 37.8 Å². The Morgan fingerprint density at radius 2 is 2.18 bits per heavy atom. The van der Waals surface area contributed by atoms with E-state index in [0.717, 1.165) is 18.7 Å². The predicted octanol–water partition coefficient (Wildman–Crippen LogP) is 3.07. The molecule has 0 radical (unpaired) electrons. The monoisotopic (exact) mass is 232 g/mol. The van der Waals surface area contributed by atoms with Gasteiger partial charge in [0.05, 0.1) is 11.6 Å². The minimum Gasteiger partial charge on any atom is -0.294 e. The maximum absolute atomic E-state index is 13.3. The molecule has 0 amide bonds. The standard InChI is InChI=1S/C14H17FN2/c1-14(2)4-3-5-17(14)10-12-6-11(9-16)7-13(15)8-12/h6-8H,3-5,10H2,1-2H3. The summed E-state index contributed by atoms with van der Waals surface area (Å²) in [5.41, 5.74) is 1.47. The fourth-order valence-electron chi connectivity index (χ4n) is 2.48. The largest absolute Gasteiger partial charge is 0.294 e. The Hall–Kier alpha value is -1.40. The average molecular weight is 232 g/mol. The Balaban J connectivity index is 2.19. The van der Waals surface area contributed by atoms with Gasteiger partial charge in [-0.3, -0.25) is 4.90 Å². The summed E-state index contributed by atoms with van der Waals surface area (Å²) in [4.78, 5) is 2.35. The average Bonchev–Trinajstić information content (AvgIpc) is 2.57. The smallest absolute Gasteiger partial charge is 0.124 e. The molecule has 0 bridgehead atoms. The normalized spacial score (nSPS) is 19.2. The van der Waals surface area contributed by atoms with E-state index in [0.29, 0.717) is 5.56 Å². The lowest BCUT2D eigenvalue weighted by atomic mass is 10.0. The van der Waals surface area contributed by atoms with Gasteiger partial charge < -0.3 is 0 Å². The van der Waals surface area contributed by atoms with Crippen LogP contribution in [0.3, 0.4) is 0 Å². The summed E-state index contributed by atoms with van der Waals surface area (Å²) in [6.45, 7) is 6.19. The summed E-state index contributed by atoms with van der Waals surface area (Å²) in [7, 11) is 0. The van der Waals surface area contributed by atoms with Crippen molar-refractivity contribution in [2.75, 3.05) is 6.54 Å². The SMILES string of the molecule is CC1(C)CCCN1Cc1cc(F)cc(C#N)c1. The molecule has 2 nitrogen and oxygen atoms in total. The zero-order valence-corrected chi connectivity index (χ0v) is 10.3. The van der Waals surface area contributed by atoms with E-state index in [1.165, 1.54) is 25.0 Å². The van der Waals surface area contributed by atoms with Gasteiger partial charge in [0, 0.05) is 12.1 Å². The first kappa shape index (κ1) is 12.1. The van der Waals surface area contributed by atoms with E-state index in [4.69, 9.17) is 5.26 Å². The molecule has 0 saturated carbocycles. The number of hydrogen-bond donors (Lipinski definition) is 0. The van der Waals surface area contributed by atoms with E-state index in [2.05, 4.69) is 18.7 Å². The molecule has 2 rings (SSSR count). The maximum Gasteiger partial charge on any atom is 0.124 e. The van der Waals surface area contributed by atoms with E-state index in [9.17, 15) is 4.39 Å². The second-order valence-electron chi connectivity index (χ2n) is 5.30. The summed E-state index contributed by atoms with van der Waals surface area (Å²) in [5, 5.41) is 8.82. The molecular weight excluding hydrogens is 215 g/mol. The maximum atomic E-state index is 13.3. The molecule has 1 heterocycles. The van der Waals surface area contributed by atoms with Crippen molar-refractivity contribution in [1.29, 1.82) is 5.26 Å². The number of halogens is 1. The van der Waals surface area contributed by atoms with Crippen molar-refractivity contribution in [2.24, 2.45) is 0 Å². The van der Waals surface area contributed by atoms with Crippen molar-refractivity contribution in [3.63, 3.8) is 0 Å². The lowest BCUT2D eigenvalue weighted by Gasteiger charge is -2.31. The Morgan fingerprint density at radius 3 is 2.76 bits per heavy atom. The molecule has 0 aliphatic carbocycles. The van der Waals surface area contributed by atoms with Gasteiger partial charge in [0.1, 0.15) is 5.82 Å². The first-order valence-electron chi connectivity index (χ1n) is 5.96. The van der Waals surface area contributed by atoms with Crippen molar-refractivity contribution >= 4 is 0 Å². The molecule has 1 aliphatic heterocycles. The Morgan fingerprint density at radius 1 is 1.41 bits per heavy atom. The van der Waals surface area contributed by atoms with Crippen molar-refractivity contribution in [1.82, 2.24) is 4.90 Å². The molecule has 0 spiro atoms. The van der Waals surface area contributed by atoms with Crippen molar-refractivity contribution in [3.05, 3.63) is 35.1 Å². The van der Waals surface area contributed by atoms with Crippen LogP contribution in [0.4, 0.5) is 4.39 Å². The molecule has 0 unspecified atom stereocenters. The topological polar surface area (TPSA) is 27.0 Å². The van der Waals surface area contributed by atoms with E-state index < -0.39 is 0 Å². The molecule has 1 aliphatic rings.